The minimum Gasteiger partial charge on any atom is -0.497 e. The molecule has 0 saturated carbocycles. The molecule has 0 unspecified atom stereocenters. The van der Waals surface area contributed by atoms with Gasteiger partial charge < -0.3 is 18.6 Å². The van der Waals surface area contributed by atoms with Gasteiger partial charge in [0, 0.05) is 5.02 Å². The maximum absolute atomic E-state index is 6.51. The summed E-state index contributed by atoms with van der Waals surface area (Å²) in [6, 6.07) is 15.7. The molecule has 2 aromatic carbocycles. The summed E-state index contributed by atoms with van der Waals surface area (Å²) in [5.41, 5.74) is 2.15. The van der Waals surface area contributed by atoms with Crippen molar-refractivity contribution in [3.8, 4) is 5.75 Å². The molecule has 0 saturated heterocycles. The average molecular weight is 475 g/mol. The highest BCUT2D eigenvalue weighted by atomic mass is 35.5. The van der Waals surface area contributed by atoms with Gasteiger partial charge in [0.25, 0.3) is 0 Å². The predicted molar refractivity (Wildman–Crippen MR) is 133 cm³/mol. The van der Waals surface area contributed by atoms with Gasteiger partial charge in [-0.2, -0.15) is 0 Å². The number of methoxy groups -OCH3 is 1. The standard InChI is InChI=1S/C26H35ClO4Si/c1-26(2,3)32(5,6)30-18-25-24(29-17-19-7-13-22(28-4)14-8-19)16-15-23(31-25)20-9-11-21(27)12-10-20/h7-16,23-25H,17-18H2,1-6H3/t23-,24-,25+/m0/s1. The fraction of sp³-hybridized carbons (Fsp3) is 0.462. The molecule has 0 aliphatic carbocycles. The maximum atomic E-state index is 6.51. The molecule has 0 spiro atoms. The minimum absolute atomic E-state index is 0.131. The monoisotopic (exact) mass is 474 g/mol. The van der Waals surface area contributed by atoms with Gasteiger partial charge in [-0.15, -0.1) is 0 Å². The van der Waals surface area contributed by atoms with Gasteiger partial charge in [0.15, 0.2) is 8.32 Å². The Morgan fingerprint density at radius 2 is 1.62 bits per heavy atom. The summed E-state index contributed by atoms with van der Waals surface area (Å²) in [6.07, 6.45) is 3.62. The highest BCUT2D eigenvalue weighted by molar-refractivity contribution is 6.74. The first-order valence-electron chi connectivity index (χ1n) is 11.1. The van der Waals surface area contributed by atoms with Crippen LogP contribution < -0.4 is 4.74 Å². The Morgan fingerprint density at radius 1 is 0.969 bits per heavy atom. The highest BCUT2D eigenvalue weighted by Gasteiger charge is 2.39. The molecular weight excluding hydrogens is 440 g/mol. The molecule has 1 heterocycles. The van der Waals surface area contributed by atoms with Gasteiger partial charge in [-0.25, -0.2) is 0 Å². The van der Waals surface area contributed by atoms with E-state index in [1.54, 1.807) is 7.11 Å². The Bertz CT molecular complexity index is 888. The first-order chi connectivity index (χ1) is 15.1. The number of rotatable bonds is 8. The SMILES string of the molecule is COc1ccc(CO[C@H]2C=C[C@@H](c3ccc(Cl)cc3)O[C@@H]2CO[Si](C)(C)C(C)(C)C)cc1. The Balaban J connectivity index is 1.73. The molecule has 0 bridgehead atoms. The molecule has 3 rings (SSSR count). The summed E-state index contributed by atoms with van der Waals surface area (Å²) in [6.45, 7) is 12.2. The summed E-state index contributed by atoms with van der Waals surface area (Å²) in [5.74, 6) is 0.834. The Hall–Kier alpha value is -1.63. The van der Waals surface area contributed by atoms with Crippen molar-refractivity contribution >= 4 is 19.9 Å². The van der Waals surface area contributed by atoms with E-state index in [-0.39, 0.29) is 23.4 Å². The van der Waals surface area contributed by atoms with E-state index >= 15 is 0 Å². The lowest BCUT2D eigenvalue weighted by molar-refractivity contribution is -0.105. The fourth-order valence-corrected chi connectivity index (χ4v) is 4.35. The van der Waals surface area contributed by atoms with Crippen molar-refractivity contribution in [2.75, 3.05) is 13.7 Å². The van der Waals surface area contributed by atoms with Crippen molar-refractivity contribution in [3.63, 3.8) is 0 Å². The predicted octanol–water partition coefficient (Wildman–Crippen LogP) is 6.95. The molecule has 32 heavy (non-hydrogen) atoms. The summed E-state index contributed by atoms with van der Waals surface area (Å²) in [5, 5.41) is 0.846. The lowest BCUT2D eigenvalue weighted by atomic mass is 10.0. The molecule has 0 N–H and O–H groups in total. The molecule has 0 amide bonds. The van der Waals surface area contributed by atoms with Crippen LogP contribution >= 0.6 is 11.6 Å². The van der Waals surface area contributed by atoms with Gasteiger partial charge in [-0.1, -0.05) is 68.8 Å². The number of ether oxygens (including phenoxy) is 3. The van der Waals surface area contributed by atoms with Gasteiger partial charge in [-0.3, -0.25) is 0 Å². The first-order valence-corrected chi connectivity index (χ1v) is 14.4. The molecular formula is C26H35ClO4Si. The van der Waals surface area contributed by atoms with E-state index in [0.717, 1.165) is 16.9 Å². The first kappa shape index (κ1) is 25.0. The number of benzene rings is 2. The van der Waals surface area contributed by atoms with Crippen molar-refractivity contribution in [1.82, 2.24) is 0 Å². The lowest BCUT2D eigenvalue weighted by Crippen LogP contribution is -2.46. The second-order valence-corrected chi connectivity index (χ2v) is 15.0. The van der Waals surface area contributed by atoms with Crippen molar-refractivity contribution in [3.05, 3.63) is 76.8 Å². The van der Waals surface area contributed by atoms with Crippen LogP contribution in [0.4, 0.5) is 0 Å². The maximum Gasteiger partial charge on any atom is 0.192 e. The number of hydrogen-bond donors (Lipinski definition) is 0. The van der Waals surface area contributed by atoms with Gasteiger partial charge in [0.05, 0.1) is 20.3 Å². The summed E-state index contributed by atoms with van der Waals surface area (Å²) in [7, 11) is -0.249. The number of halogens is 1. The second kappa shape index (κ2) is 10.5. The van der Waals surface area contributed by atoms with Gasteiger partial charge in [-0.05, 0) is 53.5 Å². The van der Waals surface area contributed by atoms with Crippen molar-refractivity contribution in [2.45, 2.75) is 63.8 Å². The average Bonchev–Trinajstić information content (AvgIpc) is 2.76. The zero-order valence-corrected chi connectivity index (χ0v) is 21.7. The summed E-state index contributed by atoms with van der Waals surface area (Å²) in [4.78, 5) is 0. The minimum atomic E-state index is -1.92. The van der Waals surface area contributed by atoms with Gasteiger partial charge >= 0.3 is 0 Å². The molecule has 174 valence electrons. The quantitative estimate of drug-likeness (QED) is 0.306. The molecule has 1 aliphatic heterocycles. The van der Waals surface area contributed by atoms with Crippen LogP contribution in [0, 0.1) is 0 Å². The van der Waals surface area contributed by atoms with E-state index in [9.17, 15) is 0 Å². The van der Waals surface area contributed by atoms with Crippen LogP contribution in [0.1, 0.15) is 38.0 Å². The number of hydrogen-bond acceptors (Lipinski definition) is 4. The van der Waals surface area contributed by atoms with Crippen LogP contribution in [0.25, 0.3) is 0 Å². The molecule has 0 aromatic heterocycles. The van der Waals surface area contributed by atoms with Crippen LogP contribution in [0.3, 0.4) is 0 Å². The van der Waals surface area contributed by atoms with Crippen LogP contribution in [0.5, 0.6) is 5.75 Å². The molecule has 6 heteroatoms. The molecule has 0 radical (unpaired) electrons. The van der Waals surface area contributed by atoms with E-state index in [1.807, 2.05) is 48.5 Å². The molecule has 2 aromatic rings. The summed E-state index contributed by atoms with van der Waals surface area (Å²) < 4.78 is 24.5. The third-order valence-corrected chi connectivity index (χ3v) is 11.1. The normalized spacial score (nSPS) is 21.5. The smallest absolute Gasteiger partial charge is 0.192 e. The topological polar surface area (TPSA) is 36.9 Å². The molecule has 1 aliphatic rings. The largest absolute Gasteiger partial charge is 0.497 e. The van der Waals surface area contributed by atoms with Crippen LogP contribution in [-0.2, 0) is 20.5 Å². The lowest BCUT2D eigenvalue weighted by Gasteiger charge is -2.39. The third kappa shape index (κ3) is 6.46. The van der Waals surface area contributed by atoms with E-state index in [1.165, 1.54) is 0 Å². The zero-order chi connectivity index (χ0) is 23.4. The van der Waals surface area contributed by atoms with Crippen LogP contribution in [-0.4, -0.2) is 34.2 Å². The third-order valence-electron chi connectivity index (χ3n) is 6.38. The van der Waals surface area contributed by atoms with Crippen LogP contribution in [0.2, 0.25) is 23.2 Å². The van der Waals surface area contributed by atoms with Crippen molar-refractivity contribution < 1.29 is 18.6 Å². The Kier molecular flexibility index (Phi) is 8.23. The fourth-order valence-electron chi connectivity index (χ4n) is 3.21. The Morgan fingerprint density at radius 3 is 2.22 bits per heavy atom. The molecule has 0 fully saturated rings. The van der Waals surface area contributed by atoms with Gasteiger partial charge in [0.1, 0.15) is 24.1 Å². The van der Waals surface area contributed by atoms with E-state index < -0.39 is 8.32 Å². The van der Waals surface area contributed by atoms with Crippen molar-refractivity contribution in [1.29, 1.82) is 0 Å². The molecule has 3 atom stereocenters. The van der Waals surface area contributed by atoms with Crippen molar-refractivity contribution in [2.24, 2.45) is 0 Å². The van der Waals surface area contributed by atoms with E-state index in [0.29, 0.717) is 18.2 Å². The second-order valence-electron chi connectivity index (χ2n) is 9.73. The highest BCUT2D eigenvalue weighted by Crippen LogP contribution is 2.37. The molecule has 4 nitrogen and oxygen atoms in total. The Labute approximate surface area is 198 Å². The van der Waals surface area contributed by atoms with E-state index in [2.05, 4.69) is 46.0 Å². The zero-order valence-electron chi connectivity index (χ0n) is 19.9. The van der Waals surface area contributed by atoms with Crippen LogP contribution in [0.15, 0.2) is 60.7 Å². The van der Waals surface area contributed by atoms with E-state index in [4.69, 9.17) is 30.2 Å². The summed E-state index contributed by atoms with van der Waals surface area (Å²) >= 11 is 6.06. The van der Waals surface area contributed by atoms with Gasteiger partial charge in [0.2, 0.25) is 0 Å².